The van der Waals surface area contributed by atoms with Gasteiger partial charge in [0, 0.05) is 25.7 Å². The molecule has 1 aliphatic rings. The van der Waals surface area contributed by atoms with Gasteiger partial charge in [-0.1, -0.05) is 6.07 Å². The zero-order valence-electron chi connectivity index (χ0n) is 11.6. The number of Topliss-reactive ketones (excluding diaryl/α,β-unsaturated/α-hetero) is 1. The summed E-state index contributed by atoms with van der Waals surface area (Å²) in [6.07, 6.45) is 1.99. The van der Waals surface area contributed by atoms with Gasteiger partial charge in [-0.05, 0) is 29.8 Å². The second-order valence-electron chi connectivity index (χ2n) is 5.09. The standard InChI is InChI=1S/C16H13FN2O3/c17-13-4-3-10(8-12(13)16(21)22)9-19-7-5-14(20)11-2-1-6-18-15(11)19/h1-4,6,8H,5,7,9H2,(H,21,22). The van der Waals surface area contributed by atoms with Gasteiger partial charge in [0.1, 0.15) is 11.6 Å². The first-order chi connectivity index (χ1) is 10.6. The number of pyridine rings is 1. The first-order valence-electron chi connectivity index (χ1n) is 6.81. The number of carbonyl (C=O) groups excluding carboxylic acids is 1. The number of benzene rings is 1. The highest BCUT2D eigenvalue weighted by Crippen LogP contribution is 2.26. The van der Waals surface area contributed by atoms with Crippen LogP contribution in [0.25, 0.3) is 0 Å². The number of aromatic carboxylic acids is 1. The summed E-state index contributed by atoms with van der Waals surface area (Å²) in [5, 5.41) is 8.98. The van der Waals surface area contributed by atoms with Crippen LogP contribution in [0, 0.1) is 5.82 Å². The molecular weight excluding hydrogens is 287 g/mol. The Hall–Kier alpha value is -2.76. The van der Waals surface area contributed by atoms with Crippen molar-refractivity contribution in [3.63, 3.8) is 0 Å². The Morgan fingerprint density at radius 2 is 2.18 bits per heavy atom. The summed E-state index contributed by atoms with van der Waals surface area (Å²) in [5.41, 5.74) is 0.867. The Labute approximate surface area is 126 Å². The second kappa shape index (κ2) is 5.55. The third kappa shape index (κ3) is 2.55. The number of carboxylic acid groups (broad SMARTS) is 1. The molecule has 22 heavy (non-hydrogen) atoms. The molecule has 0 spiro atoms. The molecule has 2 heterocycles. The molecule has 0 bridgehead atoms. The average Bonchev–Trinajstić information content (AvgIpc) is 2.52. The van der Waals surface area contributed by atoms with Crippen LogP contribution >= 0.6 is 0 Å². The predicted molar refractivity (Wildman–Crippen MR) is 77.6 cm³/mol. The summed E-state index contributed by atoms with van der Waals surface area (Å²) in [7, 11) is 0. The van der Waals surface area contributed by atoms with E-state index in [1.807, 2.05) is 4.90 Å². The van der Waals surface area contributed by atoms with Crippen molar-refractivity contribution in [1.29, 1.82) is 0 Å². The van der Waals surface area contributed by atoms with Crippen molar-refractivity contribution in [2.24, 2.45) is 0 Å². The van der Waals surface area contributed by atoms with E-state index in [1.54, 1.807) is 24.4 Å². The molecule has 2 aromatic rings. The van der Waals surface area contributed by atoms with Gasteiger partial charge in [-0.2, -0.15) is 0 Å². The third-order valence-electron chi connectivity index (χ3n) is 3.63. The smallest absolute Gasteiger partial charge is 0.338 e. The van der Waals surface area contributed by atoms with Gasteiger partial charge in [0.25, 0.3) is 0 Å². The summed E-state index contributed by atoms with van der Waals surface area (Å²) in [6, 6.07) is 7.44. The first kappa shape index (κ1) is 14.2. The highest BCUT2D eigenvalue weighted by Gasteiger charge is 2.24. The van der Waals surface area contributed by atoms with Gasteiger partial charge in [-0.3, -0.25) is 4.79 Å². The molecule has 0 saturated heterocycles. The molecule has 0 aliphatic carbocycles. The maximum atomic E-state index is 13.4. The normalized spacial score (nSPS) is 13.9. The predicted octanol–water partition coefficient (Wildman–Crippen LogP) is 2.51. The third-order valence-corrected chi connectivity index (χ3v) is 3.63. The zero-order valence-corrected chi connectivity index (χ0v) is 11.6. The molecular formula is C16H13FN2O3. The highest BCUT2D eigenvalue weighted by atomic mass is 19.1. The summed E-state index contributed by atoms with van der Waals surface area (Å²) in [4.78, 5) is 29.0. The lowest BCUT2D eigenvalue weighted by Crippen LogP contribution is -2.32. The fourth-order valence-electron chi connectivity index (χ4n) is 2.55. The van der Waals surface area contributed by atoms with Crippen molar-refractivity contribution in [3.8, 4) is 0 Å². The molecule has 112 valence electrons. The average molecular weight is 300 g/mol. The molecule has 0 radical (unpaired) electrons. The summed E-state index contributed by atoms with van der Waals surface area (Å²) < 4.78 is 13.4. The van der Waals surface area contributed by atoms with E-state index in [0.717, 1.165) is 6.07 Å². The van der Waals surface area contributed by atoms with Gasteiger partial charge < -0.3 is 10.0 Å². The number of carbonyl (C=O) groups is 2. The van der Waals surface area contributed by atoms with Crippen molar-refractivity contribution >= 4 is 17.6 Å². The van der Waals surface area contributed by atoms with E-state index >= 15 is 0 Å². The largest absolute Gasteiger partial charge is 0.478 e. The van der Waals surface area contributed by atoms with Crippen LogP contribution in [0.15, 0.2) is 36.5 Å². The summed E-state index contributed by atoms with van der Waals surface area (Å²) >= 11 is 0. The summed E-state index contributed by atoms with van der Waals surface area (Å²) in [5.74, 6) is -1.43. The minimum atomic E-state index is -1.30. The molecule has 1 aliphatic heterocycles. The van der Waals surface area contributed by atoms with Gasteiger partial charge >= 0.3 is 5.97 Å². The van der Waals surface area contributed by atoms with Crippen molar-refractivity contribution in [2.45, 2.75) is 13.0 Å². The van der Waals surface area contributed by atoms with Crippen LogP contribution in [-0.4, -0.2) is 28.4 Å². The molecule has 6 heteroatoms. The Balaban J connectivity index is 1.91. The molecule has 1 aromatic carbocycles. The Kier molecular flexibility index (Phi) is 3.58. The number of halogens is 1. The van der Waals surface area contributed by atoms with E-state index in [9.17, 15) is 14.0 Å². The number of anilines is 1. The monoisotopic (exact) mass is 300 g/mol. The fourth-order valence-corrected chi connectivity index (χ4v) is 2.55. The second-order valence-corrected chi connectivity index (χ2v) is 5.09. The van der Waals surface area contributed by atoms with Gasteiger partial charge in [0.2, 0.25) is 0 Å². The summed E-state index contributed by atoms with van der Waals surface area (Å²) in [6.45, 7) is 0.875. The molecule has 3 rings (SSSR count). The number of hydrogen-bond acceptors (Lipinski definition) is 4. The van der Waals surface area contributed by atoms with Gasteiger partial charge in [0.15, 0.2) is 5.78 Å². The van der Waals surface area contributed by atoms with E-state index in [-0.39, 0.29) is 11.3 Å². The number of aromatic nitrogens is 1. The van der Waals surface area contributed by atoms with Crippen LogP contribution in [0.2, 0.25) is 0 Å². The molecule has 0 amide bonds. The maximum Gasteiger partial charge on any atom is 0.338 e. The van der Waals surface area contributed by atoms with Crippen molar-refractivity contribution < 1.29 is 19.1 Å². The SMILES string of the molecule is O=C(O)c1cc(CN2CCC(=O)c3cccnc32)ccc1F. The Bertz CT molecular complexity index is 761. The number of nitrogens with zero attached hydrogens (tertiary/aromatic N) is 2. The van der Waals surface area contributed by atoms with Crippen LogP contribution in [0.4, 0.5) is 10.2 Å². The maximum absolute atomic E-state index is 13.4. The highest BCUT2D eigenvalue weighted by molar-refractivity contribution is 6.02. The lowest BCUT2D eigenvalue weighted by Gasteiger charge is -2.29. The topological polar surface area (TPSA) is 70.5 Å². The molecule has 5 nitrogen and oxygen atoms in total. The molecule has 0 fully saturated rings. The van der Waals surface area contributed by atoms with Crippen LogP contribution in [0.5, 0.6) is 0 Å². The van der Waals surface area contributed by atoms with Crippen LogP contribution in [-0.2, 0) is 6.54 Å². The first-order valence-corrected chi connectivity index (χ1v) is 6.81. The van der Waals surface area contributed by atoms with Crippen LogP contribution in [0.1, 0.15) is 32.7 Å². The number of hydrogen-bond donors (Lipinski definition) is 1. The van der Waals surface area contributed by atoms with E-state index in [1.165, 1.54) is 6.07 Å². The number of carboxylic acids is 1. The zero-order chi connectivity index (χ0) is 15.7. The fraction of sp³-hybridized carbons (Fsp3) is 0.188. The van der Waals surface area contributed by atoms with Crippen LogP contribution < -0.4 is 4.90 Å². The molecule has 1 N–H and O–H groups in total. The van der Waals surface area contributed by atoms with E-state index in [4.69, 9.17) is 5.11 Å². The minimum Gasteiger partial charge on any atom is -0.478 e. The molecule has 0 atom stereocenters. The van der Waals surface area contributed by atoms with E-state index in [0.29, 0.717) is 36.5 Å². The molecule has 1 aromatic heterocycles. The lowest BCUT2D eigenvalue weighted by atomic mass is 10.0. The quantitative estimate of drug-likeness (QED) is 0.943. The van der Waals surface area contributed by atoms with Crippen molar-refractivity contribution in [2.75, 3.05) is 11.4 Å². The number of fused-ring (bicyclic) bond motifs is 1. The molecule has 0 saturated carbocycles. The van der Waals surface area contributed by atoms with Gasteiger partial charge in [-0.25, -0.2) is 14.2 Å². The van der Waals surface area contributed by atoms with E-state index < -0.39 is 11.8 Å². The Morgan fingerprint density at radius 1 is 1.36 bits per heavy atom. The van der Waals surface area contributed by atoms with Gasteiger partial charge in [-0.15, -0.1) is 0 Å². The van der Waals surface area contributed by atoms with Crippen molar-refractivity contribution in [1.82, 2.24) is 4.98 Å². The Morgan fingerprint density at radius 3 is 2.95 bits per heavy atom. The lowest BCUT2D eigenvalue weighted by molar-refractivity contribution is 0.0691. The van der Waals surface area contributed by atoms with E-state index in [2.05, 4.69) is 4.98 Å². The van der Waals surface area contributed by atoms with Gasteiger partial charge in [0.05, 0.1) is 11.1 Å². The number of ketones is 1. The minimum absolute atomic E-state index is 0.0460. The van der Waals surface area contributed by atoms with Crippen molar-refractivity contribution in [3.05, 3.63) is 59.0 Å². The molecule has 0 unspecified atom stereocenters. The number of rotatable bonds is 3. The van der Waals surface area contributed by atoms with Crippen LogP contribution in [0.3, 0.4) is 0 Å².